The Morgan fingerprint density at radius 1 is 1.11 bits per heavy atom. The van der Waals surface area contributed by atoms with Gasteiger partial charge in [0.1, 0.15) is 5.75 Å². The summed E-state index contributed by atoms with van der Waals surface area (Å²) >= 11 is 0. The average Bonchev–Trinajstić information content (AvgIpc) is 2.36. The molecule has 1 N–H and O–H groups in total. The van der Waals surface area contributed by atoms with Crippen molar-refractivity contribution in [3.05, 3.63) is 29.8 Å². The van der Waals surface area contributed by atoms with Gasteiger partial charge in [-0.15, -0.1) is 0 Å². The van der Waals surface area contributed by atoms with Crippen molar-refractivity contribution < 1.29 is 4.74 Å². The van der Waals surface area contributed by atoms with Crippen molar-refractivity contribution in [3.63, 3.8) is 0 Å². The van der Waals surface area contributed by atoms with Crippen LogP contribution in [-0.4, -0.2) is 12.1 Å². The minimum absolute atomic E-state index is 0.214. The van der Waals surface area contributed by atoms with Gasteiger partial charge in [-0.05, 0) is 40.2 Å². The summed E-state index contributed by atoms with van der Waals surface area (Å²) in [5, 5.41) is 3.66. The summed E-state index contributed by atoms with van der Waals surface area (Å²) in [6, 6.07) is 9.20. The number of benzene rings is 1. The van der Waals surface area contributed by atoms with E-state index in [9.17, 15) is 0 Å². The van der Waals surface area contributed by atoms with Crippen LogP contribution in [0.15, 0.2) is 24.3 Å². The zero-order valence-corrected chi connectivity index (χ0v) is 13.1. The van der Waals surface area contributed by atoms with Gasteiger partial charge in [0, 0.05) is 17.6 Å². The Hall–Kier alpha value is -1.02. The lowest BCUT2D eigenvalue weighted by molar-refractivity contribution is 0.237. The maximum Gasteiger partial charge on any atom is 0.124 e. The van der Waals surface area contributed by atoms with Gasteiger partial charge in [0.15, 0.2) is 0 Å². The van der Waals surface area contributed by atoms with E-state index in [4.69, 9.17) is 4.74 Å². The van der Waals surface area contributed by atoms with Crippen LogP contribution in [0.4, 0.5) is 0 Å². The van der Waals surface area contributed by atoms with E-state index in [0.29, 0.717) is 12.1 Å². The molecule has 0 radical (unpaired) electrons. The van der Waals surface area contributed by atoms with Crippen molar-refractivity contribution >= 4 is 0 Å². The molecule has 19 heavy (non-hydrogen) atoms. The number of nitrogens with one attached hydrogen (secondary N) is 1. The van der Waals surface area contributed by atoms with E-state index in [0.717, 1.165) is 5.75 Å². The second-order valence-corrected chi connectivity index (χ2v) is 5.64. The number of hydrogen-bond acceptors (Lipinski definition) is 2. The van der Waals surface area contributed by atoms with Crippen LogP contribution in [0, 0.1) is 0 Å². The third-order valence-electron chi connectivity index (χ3n) is 3.27. The van der Waals surface area contributed by atoms with Crippen molar-refractivity contribution in [2.24, 2.45) is 0 Å². The summed E-state index contributed by atoms with van der Waals surface area (Å²) in [5.41, 5.74) is 1.25. The lowest BCUT2D eigenvalue weighted by Gasteiger charge is -2.23. The molecule has 0 saturated heterocycles. The largest absolute Gasteiger partial charge is 0.491 e. The van der Waals surface area contributed by atoms with Gasteiger partial charge in [0.25, 0.3) is 0 Å². The molecule has 0 fully saturated rings. The Kier molecular flexibility index (Phi) is 6.93. The summed E-state index contributed by atoms with van der Waals surface area (Å²) in [7, 11) is 0. The topological polar surface area (TPSA) is 21.3 Å². The zero-order chi connectivity index (χ0) is 14.3. The molecule has 108 valence electrons. The fourth-order valence-electron chi connectivity index (χ4n) is 2.31. The average molecular weight is 263 g/mol. The van der Waals surface area contributed by atoms with E-state index in [-0.39, 0.29) is 6.10 Å². The van der Waals surface area contributed by atoms with Gasteiger partial charge < -0.3 is 10.1 Å². The first-order valence-corrected chi connectivity index (χ1v) is 7.56. The van der Waals surface area contributed by atoms with Crippen LogP contribution in [-0.2, 0) is 0 Å². The quantitative estimate of drug-likeness (QED) is 0.734. The van der Waals surface area contributed by atoms with E-state index in [1.54, 1.807) is 0 Å². The van der Waals surface area contributed by atoms with Crippen molar-refractivity contribution in [3.8, 4) is 5.75 Å². The maximum absolute atomic E-state index is 5.89. The fourth-order valence-corrected chi connectivity index (χ4v) is 2.31. The highest BCUT2D eigenvalue weighted by molar-refractivity contribution is 5.35. The number of unbranched alkanes of at least 4 members (excludes halogenated alkanes) is 1. The van der Waals surface area contributed by atoms with E-state index < -0.39 is 0 Å². The van der Waals surface area contributed by atoms with Crippen LogP contribution >= 0.6 is 0 Å². The second kappa shape index (κ2) is 8.21. The highest BCUT2D eigenvalue weighted by Crippen LogP contribution is 2.26. The molecular formula is C17H29NO. The molecule has 0 heterocycles. The first kappa shape index (κ1) is 16.0. The fraction of sp³-hybridized carbons (Fsp3) is 0.647. The van der Waals surface area contributed by atoms with Gasteiger partial charge in [-0.2, -0.15) is 0 Å². The van der Waals surface area contributed by atoms with Crippen LogP contribution < -0.4 is 10.1 Å². The minimum atomic E-state index is 0.214. The van der Waals surface area contributed by atoms with Gasteiger partial charge in [0.05, 0.1) is 6.10 Å². The molecule has 0 saturated carbocycles. The van der Waals surface area contributed by atoms with Gasteiger partial charge in [-0.25, -0.2) is 0 Å². The SMILES string of the molecule is CCCCC(C)NC(C)c1ccccc1OC(C)C. The molecular weight excluding hydrogens is 234 g/mol. The predicted molar refractivity (Wildman–Crippen MR) is 82.7 cm³/mol. The standard InChI is InChI=1S/C17H29NO/c1-6-7-10-14(4)18-15(5)16-11-8-9-12-17(16)19-13(2)3/h8-9,11-15,18H,6-7,10H2,1-5H3. The van der Waals surface area contributed by atoms with Gasteiger partial charge >= 0.3 is 0 Å². The summed E-state index contributed by atoms with van der Waals surface area (Å²) in [5.74, 6) is 1.00. The van der Waals surface area contributed by atoms with Gasteiger partial charge in [0.2, 0.25) is 0 Å². The van der Waals surface area contributed by atoms with Crippen LogP contribution in [0.1, 0.15) is 65.5 Å². The Labute approximate surface area is 118 Å². The van der Waals surface area contributed by atoms with Crippen LogP contribution in [0.5, 0.6) is 5.75 Å². The molecule has 1 aromatic carbocycles. The molecule has 0 aliphatic rings. The lowest BCUT2D eigenvalue weighted by atomic mass is 10.0. The van der Waals surface area contributed by atoms with Crippen LogP contribution in [0.2, 0.25) is 0 Å². The van der Waals surface area contributed by atoms with E-state index in [1.807, 2.05) is 6.07 Å². The molecule has 0 aromatic heterocycles. The normalized spacial score (nSPS) is 14.4. The summed E-state index contributed by atoms with van der Waals surface area (Å²) in [6.07, 6.45) is 3.98. The molecule has 2 heteroatoms. The van der Waals surface area contributed by atoms with Gasteiger partial charge in [-0.1, -0.05) is 38.0 Å². The molecule has 0 aliphatic carbocycles. The Bertz CT molecular complexity index is 362. The first-order chi connectivity index (χ1) is 9.04. The van der Waals surface area contributed by atoms with Gasteiger partial charge in [-0.3, -0.25) is 0 Å². The van der Waals surface area contributed by atoms with Crippen LogP contribution in [0.3, 0.4) is 0 Å². The molecule has 0 amide bonds. The smallest absolute Gasteiger partial charge is 0.124 e. The Morgan fingerprint density at radius 2 is 1.79 bits per heavy atom. The molecule has 0 bridgehead atoms. The molecule has 1 rings (SSSR count). The number of ether oxygens (including phenoxy) is 1. The van der Waals surface area contributed by atoms with Crippen molar-refractivity contribution in [2.75, 3.05) is 0 Å². The first-order valence-electron chi connectivity index (χ1n) is 7.56. The monoisotopic (exact) mass is 263 g/mol. The molecule has 0 aliphatic heterocycles. The van der Waals surface area contributed by atoms with Crippen molar-refractivity contribution in [1.29, 1.82) is 0 Å². The Morgan fingerprint density at radius 3 is 2.42 bits per heavy atom. The zero-order valence-electron chi connectivity index (χ0n) is 13.1. The Balaban J connectivity index is 2.67. The number of rotatable bonds is 8. The third-order valence-corrected chi connectivity index (χ3v) is 3.27. The molecule has 0 spiro atoms. The van der Waals surface area contributed by atoms with E-state index >= 15 is 0 Å². The maximum atomic E-state index is 5.89. The highest BCUT2D eigenvalue weighted by Gasteiger charge is 2.14. The summed E-state index contributed by atoms with van der Waals surface area (Å²) < 4.78 is 5.89. The van der Waals surface area contributed by atoms with Crippen molar-refractivity contribution in [1.82, 2.24) is 5.32 Å². The molecule has 2 nitrogen and oxygen atoms in total. The van der Waals surface area contributed by atoms with E-state index in [1.165, 1.54) is 24.8 Å². The second-order valence-electron chi connectivity index (χ2n) is 5.64. The molecule has 1 aromatic rings. The van der Waals surface area contributed by atoms with E-state index in [2.05, 4.69) is 58.1 Å². The molecule has 2 unspecified atom stereocenters. The summed E-state index contributed by atoms with van der Waals surface area (Å²) in [4.78, 5) is 0. The lowest BCUT2D eigenvalue weighted by Crippen LogP contribution is -2.29. The highest BCUT2D eigenvalue weighted by atomic mass is 16.5. The number of hydrogen-bond donors (Lipinski definition) is 1. The molecule has 2 atom stereocenters. The third kappa shape index (κ3) is 5.65. The van der Waals surface area contributed by atoms with Crippen LogP contribution in [0.25, 0.3) is 0 Å². The summed E-state index contributed by atoms with van der Waals surface area (Å²) in [6.45, 7) is 10.8. The number of para-hydroxylation sites is 1. The minimum Gasteiger partial charge on any atom is -0.491 e. The predicted octanol–water partition coefficient (Wildman–Crippen LogP) is 4.70. The van der Waals surface area contributed by atoms with Crippen molar-refractivity contribution in [2.45, 2.75) is 72.1 Å².